The minimum Gasteiger partial charge on any atom is -0.365 e. The molecule has 1 fully saturated rings. The lowest BCUT2D eigenvalue weighted by Gasteiger charge is -2.14. The number of nitrogens with one attached hydrogen (secondary N) is 1. The first-order valence-corrected chi connectivity index (χ1v) is 9.78. The molecular weight excluding hydrogens is 368 g/mol. The Morgan fingerprint density at radius 1 is 0.750 bits per heavy atom. The van der Waals surface area contributed by atoms with Crippen LogP contribution in [0, 0.1) is 0 Å². The van der Waals surface area contributed by atoms with Gasteiger partial charge in [0.25, 0.3) is 11.1 Å². The Kier molecular flexibility index (Phi) is 5.26. The molecule has 4 nitrogen and oxygen atoms in total. The number of carbonyl (C=O) groups is 2. The van der Waals surface area contributed by atoms with Crippen LogP contribution in [-0.2, 0) is 4.79 Å². The van der Waals surface area contributed by atoms with Crippen molar-refractivity contribution in [1.82, 2.24) is 0 Å². The summed E-state index contributed by atoms with van der Waals surface area (Å²) >= 11 is 0.996. The van der Waals surface area contributed by atoms with E-state index in [1.165, 1.54) is 4.90 Å². The fraction of sp³-hybridized carbons (Fsp3) is 0.0435. The summed E-state index contributed by atoms with van der Waals surface area (Å²) in [4.78, 5) is 26.2. The summed E-state index contributed by atoms with van der Waals surface area (Å²) in [6.45, 7) is 0. The Hall–Kier alpha value is -3.31. The Morgan fingerprint density at radius 2 is 1.32 bits per heavy atom. The molecule has 1 aliphatic heterocycles. The Labute approximate surface area is 167 Å². The summed E-state index contributed by atoms with van der Waals surface area (Å²) < 4.78 is 0. The van der Waals surface area contributed by atoms with E-state index < -0.39 is 5.37 Å². The molecular formula is C23H18N2O2S. The lowest BCUT2D eigenvalue weighted by atomic mass is 10.1. The topological polar surface area (TPSA) is 49.4 Å². The molecule has 1 N–H and O–H groups in total. The molecule has 4 rings (SSSR count). The normalized spacial score (nSPS) is 16.7. The highest BCUT2D eigenvalue weighted by molar-refractivity contribution is 8.16. The van der Waals surface area contributed by atoms with Crippen LogP contribution in [0.3, 0.4) is 0 Å². The molecule has 1 saturated heterocycles. The first-order chi connectivity index (χ1) is 13.7. The predicted octanol–water partition coefficient (Wildman–Crippen LogP) is 5.50. The van der Waals surface area contributed by atoms with Crippen molar-refractivity contribution in [2.24, 2.45) is 0 Å². The highest BCUT2D eigenvalue weighted by atomic mass is 32.2. The van der Waals surface area contributed by atoms with Crippen molar-refractivity contribution in [1.29, 1.82) is 0 Å². The van der Waals surface area contributed by atoms with Crippen molar-refractivity contribution in [3.63, 3.8) is 0 Å². The van der Waals surface area contributed by atoms with Crippen LogP contribution >= 0.6 is 11.8 Å². The second kappa shape index (κ2) is 8.15. The molecule has 1 heterocycles. The van der Waals surface area contributed by atoms with E-state index in [9.17, 15) is 9.59 Å². The number of hydrogen-bond donors (Lipinski definition) is 1. The van der Waals surface area contributed by atoms with Crippen LogP contribution < -0.4 is 10.2 Å². The van der Waals surface area contributed by atoms with Crippen LogP contribution in [0.25, 0.3) is 12.2 Å². The second-order valence-corrected chi connectivity index (χ2v) is 7.34. The quantitative estimate of drug-likeness (QED) is 0.589. The maximum atomic E-state index is 12.7. The molecule has 1 atom stereocenters. The van der Waals surface area contributed by atoms with Crippen LogP contribution in [0.1, 0.15) is 11.1 Å². The third kappa shape index (κ3) is 4.00. The van der Waals surface area contributed by atoms with Gasteiger partial charge in [-0.3, -0.25) is 9.59 Å². The number of thioether (sulfide) groups is 1. The minimum absolute atomic E-state index is 0.255. The summed E-state index contributed by atoms with van der Waals surface area (Å²) in [5.41, 5.74) is 3.58. The molecule has 0 aliphatic carbocycles. The Bertz CT molecular complexity index is 1000. The molecule has 3 aromatic carbocycles. The zero-order chi connectivity index (χ0) is 19.3. The predicted molar refractivity (Wildman–Crippen MR) is 116 cm³/mol. The third-order valence-corrected chi connectivity index (χ3v) is 5.28. The number of rotatable bonds is 5. The van der Waals surface area contributed by atoms with Crippen molar-refractivity contribution >= 4 is 46.4 Å². The van der Waals surface area contributed by atoms with E-state index in [0.29, 0.717) is 5.69 Å². The average molecular weight is 386 g/mol. The van der Waals surface area contributed by atoms with Crippen LogP contribution in [0.15, 0.2) is 84.9 Å². The number of hydrogen-bond acceptors (Lipinski definition) is 4. The number of carbonyl (C=O) groups excluding carboxylic acids is 2. The van der Waals surface area contributed by atoms with Gasteiger partial charge in [0.1, 0.15) is 0 Å². The van der Waals surface area contributed by atoms with Gasteiger partial charge in [0.2, 0.25) is 0 Å². The van der Waals surface area contributed by atoms with Crippen LogP contribution in [0.2, 0.25) is 0 Å². The van der Waals surface area contributed by atoms with E-state index in [1.807, 2.05) is 78.9 Å². The molecule has 0 spiro atoms. The molecule has 2 amide bonds. The maximum Gasteiger partial charge on any atom is 0.295 e. The van der Waals surface area contributed by atoms with E-state index in [1.54, 1.807) is 12.1 Å². The van der Waals surface area contributed by atoms with Crippen LogP contribution in [0.5, 0.6) is 0 Å². The van der Waals surface area contributed by atoms with Gasteiger partial charge in [-0.05, 0) is 47.2 Å². The fourth-order valence-electron chi connectivity index (χ4n) is 2.91. The summed E-state index contributed by atoms with van der Waals surface area (Å²) in [5.74, 6) is -0.255. The first-order valence-electron chi connectivity index (χ1n) is 8.90. The largest absolute Gasteiger partial charge is 0.365 e. The van der Waals surface area contributed by atoms with Crippen molar-refractivity contribution in [2.45, 2.75) is 5.37 Å². The minimum atomic E-state index is -0.626. The van der Waals surface area contributed by atoms with Gasteiger partial charge in [-0.15, -0.1) is 0 Å². The maximum absolute atomic E-state index is 12.7. The second-order valence-electron chi connectivity index (χ2n) is 6.28. The Balaban J connectivity index is 1.43. The van der Waals surface area contributed by atoms with Gasteiger partial charge in [0.15, 0.2) is 5.37 Å². The van der Waals surface area contributed by atoms with Gasteiger partial charge in [-0.25, -0.2) is 4.90 Å². The molecule has 0 aromatic heterocycles. The third-order valence-electron chi connectivity index (χ3n) is 4.34. The van der Waals surface area contributed by atoms with Crippen molar-refractivity contribution in [3.05, 3.63) is 96.1 Å². The molecule has 0 bridgehead atoms. The van der Waals surface area contributed by atoms with Gasteiger partial charge in [-0.2, -0.15) is 0 Å². The summed E-state index contributed by atoms with van der Waals surface area (Å²) in [5, 5.41) is 2.25. The number of amides is 2. The van der Waals surface area contributed by atoms with Crippen molar-refractivity contribution in [3.8, 4) is 0 Å². The lowest BCUT2D eigenvalue weighted by molar-refractivity contribution is -0.116. The highest BCUT2D eigenvalue weighted by Crippen LogP contribution is 2.32. The van der Waals surface area contributed by atoms with Crippen molar-refractivity contribution < 1.29 is 9.59 Å². The zero-order valence-corrected chi connectivity index (χ0v) is 15.8. The van der Waals surface area contributed by atoms with Crippen molar-refractivity contribution in [2.75, 3.05) is 10.2 Å². The van der Waals surface area contributed by atoms with Crippen LogP contribution in [-0.4, -0.2) is 16.5 Å². The summed E-state index contributed by atoms with van der Waals surface area (Å²) in [6, 6.07) is 26.8. The van der Waals surface area contributed by atoms with Gasteiger partial charge in [-0.1, -0.05) is 72.8 Å². The average Bonchev–Trinajstić information content (AvgIpc) is 3.02. The number of benzene rings is 3. The number of nitrogens with zero attached hydrogens (tertiary/aromatic N) is 1. The monoisotopic (exact) mass is 386 g/mol. The number of anilines is 2. The van der Waals surface area contributed by atoms with Crippen LogP contribution in [0.4, 0.5) is 16.2 Å². The molecule has 3 aromatic rings. The van der Waals surface area contributed by atoms with E-state index in [-0.39, 0.29) is 11.1 Å². The molecule has 0 radical (unpaired) electrons. The fourth-order valence-corrected chi connectivity index (χ4v) is 3.81. The van der Waals surface area contributed by atoms with E-state index in [0.717, 1.165) is 28.6 Å². The van der Waals surface area contributed by atoms with Gasteiger partial charge >= 0.3 is 0 Å². The number of imide groups is 1. The molecule has 5 heteroatoms. The zero-order valence-electron chi connectivity index (χ0n) is 15.0. The van der Waals surface area contributed by atoms with Gasteiger partial charge in [0, 0.05) is 5.69 Å². The SMILES string of the molecule is O=C1SC(Nc2ccc(C=Cc3ccccc3)cc2)C(=O)N1c1ccccc1. The smallest absolute Gasteiger partial charge is 0.295 e. The number of para-hydroxylation sites is 1. The first kappa shape index (κ1) is 18.1. The molecule has 1 aliphatic rings. The molecule has 28 heavy (non-hydrogen) atoms. The van der Waals surface area contributed by atoms with E-state index in [4.69, 9.17) is 0 Å². The molecule has 1 unspecified atom stereocenters. The van der Waals surface area contributed by atoms with E-state index in [2.05, 4.69) is 11.4 Å². The van der Waals surface area contributed by atoms with E-state index >= 15 is 0 Å². The standard InChI is InChI=1S/C23H18N2O2S/c26-22-21(28-23(27)25(22)20-9-5-2-6-10-20)24-19-15-13-18(14-16-19)12-11-17-7-3-1-4-8-17/h1-16,21,24H. The molecule has 138 valence electrons. The summed E-state index contributed by atoms with van der Waals surface area (Å²) in [7, 11) is 0. The van der Waals surface area contributed by atoms with Gasteiger partial charge in [0.05, 0.1) is 5.69 Å². The highest BCUT2D eigenvalue weighted by Gasteiger charge is 2.40. The summed E-state index contributed by atoms with van der Waals surface area (Å²) in [6.07, 6.45) is 4.09. The lowest BCUT2D eigenvalue weighted by Crippen LogP contribution is -2.34. The Morgan fingerprint density at radius 3 is 1.96 bits per heavy atom. The van der Waals surface area contributed by atoms with Gasteiger partial charge < -0.3 is 5.32 Å². The molecule has 0 saturated carbocycles.